The molecule has 0 saturated carbocycles. The van der Waals surface area contributed by atoms with E-state index in [9.17, 15) is 0 Å². The fourth-order valence-electron chi connectivity index (χ4n) is 4.35. The summed E-state index contributed by atoms with van der Waals surface area (Å²) >= 11 is 0. The van der Waals surface area contributed by atoms with Gasteiger partial charge in [0.25, 0.3) is 0 Å². The lowest BCUT2D eigenvalue weighted by Crippen LogP contribution is -2.07. The maximum atomic E-state index is 4.78. The number of nitrogens with one attached hydrogen (secondary N) is 2. The van der Waals surface area contributed by atoms with Gasteiger partial charge in [-0.3, -0.25) is 4.98 Å². The Bertz CT molecular complexity index is 1380. The van der Waals surface area contributed by atoms with Crippen molar-refractivity contribution in [3.05, 3.63) is 84.2 Å². The number of anilines is 1. The standard InChI is InChI=1S/C27H29N5/c1-4-19(3)26-16-31-27-25(12-22(17-32(26)27)21-11-18(2)13-28-14-21)29-10-9-20-15-30-24-8-6-5-7-23(20)24/h5-8,11-17,19,29-30H,4,9-10H2,1-3H3. The lowest BCUT2D eigenvalue weighted by Gasteiger charge is -2.14. The van der Waals surface area contributed by atoms with E-state index < -0.39 is 0 Å². The van der Waals surface area contributed by atoms with Crippen LogP contribution in [0.5, 0.6) is 0 Å². The van der Waals surface area contributed by atoms with Crippen molar-refractivity contribution in [1.82, 2.24) is 19.4 Å². The van der Waals surface area contributed by atoms with Crippen LogP contribution in [0.2, 0.25) is 0 Å². The molecule has 4 aromatic heterocycles. The smallest absolute Gasteiger partial charge is 0.160 e. The Morgan fingerprint density at radius 1 is 1.09 bits per heavy atom. The van der Waals surface area contributed by atoms with Crippen LogP contribution < -0.4 is 5.32 Å². The summed E-state index contributed by atoms with van der Waals surface area (Å²) in [7, 11) is 0. The largest absolute Gasteiger partial charge is 0.382 e. The van der Waals surface area contributed by atoms with Gasteiger partial charge >= 0.3 is 0 Å². The van der Waals surface area contributed by atoms with E-state index in [1.807, 2.05) is 18.6 Å². The van der Waals surface area contributed by atoms with Crippen LogP contribution in [0.15, 0.2) is 67.4 Å². The highest BCUT2D eigenvalue weighted by Gasteiger charge is 2.15. The van der Waals surface area contributed by atoms with E-state index in [1.54, 1.807) is 0 Å². The number of aromatic amines is 1. The van der Waals surface area contributed by atoms with Gasteiger partial charge in [-0.15, -0.1) is 0 Å². The molecule has 0 fully saturated rings. The molecule has 162 valence electrons. The topological polar surface area (TPSA) is 58.0 Å². The van der Waals surface area contributed by atoms with Crippen molar-refractivity contribution in [2.45, 2.75) is 39.5 Å². The molecule has 5 heteroatoms. The molecule has 1 unspecified atom stereocenters. The van der Waals surface area contributed by atoms with Crippen molar-refractivity contribution in [3.63, 3.8) is 0 Å². The van der Waals surface area contributed by atoms with Crippen LogP contribution in [-0.2, 0) is 6.42 Å². The number of hydrogen-bond acceptors (Lipinski definition) is 3. The van der Waals surface area contributed by atoms with Gasteiger partial charge in [-0.25, -0.2) is 4.98 Å². The summed E-state index contributed by atoms with van der Waals surface area (Å²) in [5, 5.41) is 4.96. The zero-order valence-electron chi connectivity index (χ0n) is 18.9. The summed E-state index contributed by atoms with van der Waals surface area (Å²) < 4.78 is 2.25. The second-order valence-electron chi connectivity index (χ2n) is 8.62. The van der Waals surface area contributed by atoms with Crippen LogP contribution in [0, 0.1) is 6.92 Å². The molecule has 1 atom stereocenters. The number of imidazole rings is 1. The van der Waals surface area contributed by atoms with Gasteiger partial charge in [0, 0.05) is 65.3 Å². The zero-order valence-corrected chi connectivity index (χ0v) is 18.9. The third kappa shape index (κ3) is 3.75. The van der Waals surface area contributed by atoms with Gasteiger partial charge in [0.05, 0.1) is 5.69 Å². The zero-order chi connectivity index (χ0) is 22.1. The summed E-state index contributed by atoms with van der Waals surface area (Å²) in [4.78, 5) is 12.6. The van der Waals surface area contributed by atoms with Crippen molar-refractivity contribution in [2.75, 3.05) is 11.9 Å². The highest BCUT2D eigenvalue weighted by atomic mass is 15.0. The van der Waals surface area contributed by atoms with Crippen molar-refractivity contribution in [1.29, 1.82) is 0 Å². The van der Waals surface area contributed by atoms with Gasteiger partial charge in [-0.2, -0.15) is 0 Å². The van der Waals surface area contributed by atoms with Crippen LogP contribution in [0.1, 0.15) is 43.0 Å². The molecule has 0 radical (unpaired) electrons. The SMILES string of the molecule is CCC(C)c1cnc2c(NCCc3c[nH]c4ccccc34)cc(-c3cncc(C)c3)cn12. The van der Waals surface area contributed by atoms with Gasteiger partial charge in [0.15, 0.2) is 5.65 Å². The number of fused-ring (bicyclic) bond motifs is 2. The number of H-pyrrole nitrogens is 1. The van der Waals surface area contributed by atoms with E-state index in [4.69, 9.17) is 4.98 Å². The Morgan fingerprint density at radius 2 is 1.97 bits per heavy atom. The minimum Gasteiger partial charge on any atom is -0.382 e. The average molecular weight is 424 g/mol. The first-order valence-electron chi connectivity index (χ1n) is 11.4. The monoisotopic (exact) mass is 423 g/mol. The Labute approximate surface area is 188 Å². The molecule has 5 nitrogen and oxygen atoms in total. The molecule has 5 rings (SSSR count). The summed E-state index contributed by atoms with van der Waals surface area (Å²) in [6.07, 6.45) is 12.2. The molecule has 4 heterocycles. The molecule has 2 N–H and O–H groups in total. The maximum absolute atomic E-state index is 4.78. The molecule has 0 aliphatic heterocycles. The molecule has 0 aliphatic rings. The molecule has 32 heavy (non-hydrogen) atoms. The van der Waals surface area contributed by atoms with Crippen molar-refractivity contribution >= 4 is 22.2 Å². The Balaban J connectivity index is 1.50. The van der Waals surface area contributed by atoms with E-state index in [-0.39, 0.29) is 0 Å². The minimum atomic E-state index is 0.440. The Kier molecular flexibility index (Phi) is 5.39. The van der Waals surface area contributed by atoms with Gasteiger partial charge in [0.1, 0.15) is 0 Å². The third-order valence-corrected chi connectivity index (χ3v) is 6.34. The molecular weight excluding hydrogens is 394 g/mol. The van der Waals surface area contributed by atoms with Gasteiger partial charge in [-0.05, 0) is 55.0 Å². The molecule has 1 aromatic carbocycles. The van der Waals surface area contributed by atoms with Crippen LogP contribution in [-0.4, -0.2) is 25.9 Å². The third-order valence-electron chi connectivity index (χ3n) is 6.34. The number of benzene rings is 1. The number of pyridine rings is 2. The van der Waals surface area contributed by atoms with Crippen molar-refractivity contribution in [3.8, 4) is 11.1 Å². The molecule has 0 aliphatic carbocycles. The number of aromatic nitrogens is 4. The number of aryl methyl sites for hydroxylation is 1. The lowest BCUT2D eigenvalue weighted by atomic mass is 10.1. The number of rotatable bonds is 7. The second kappa shape index (κ2) is 8.50. The first-order valence-corrected chi connectivity index (χ1v) is 11.4. The van der Waals surface area contributed by atoms with E-state index in [1.165, 1.54) is 22.2 Å². The Morgan fingerprint density at radius 3 is 2.81 bits per heavy atom. The van der Waals surface area contributed by atoms with E-state index in [2.05, 4.69) is 89.2 Å². The van der Waals surface area contributed by atoms with Gasteiger partial charge in [0.2, 0.25) is 0 Å². The molecule has 0 bridgehead atoms. The van der Waals surface area contributed by atoms with Crippen LogP contribution >= 0.6 is 0 Å². The molecular formula is C27H29N5. The van der Waals surface area contributed by atoms with E-state index in [0.717, 1.165) is 47.4 Å². The lowest BCUT2D eigenvalue weighted by molar-refractivity contribution is 0.701. The van der Waals surface area contributed by atoms with Crippen LogP contribution in [0.25, 0.3) is 27.7 Å². The number of nitrogens with zero attached hydrogens (tertiary/aromatic N) is 3. The summed E-state index contributed by atoms with van der Waals surface area (Å²) in [5.41, 5.74) is 9.20. The number of hydrogen-bond donors (Lipinski definition) is 2. The summed E-state index contributed by atoms with van der Waals surface area (Å²) in [5.74, 6) is 0.440. The minimum absolute atomic E-state index is 0.440. The highest BCUT2D eigenvalue weighted by molar-refractivity contribution is 5.83. The van der Waals surface area contributed by atoms with E-state index in [0.29, 0.717) is 5.92 Å². The molecule has 0 spiro atoms. The maximum Gasteiger partial charge on any atom is 0.160 e. The van der Waals surface area contributed by atoms with Crippen molar-refractivity contribution < 1.29 is 0 Å². The molecule has 0 amide bonds. The van der Waals surface area contributed by atoms with Crippen LogP contribution in [0.4, 0.5) is 5.69 Å². The Hall–Kier alpha value is -3.60. The normalized spacial score (nSPS) is 12.5. The number of para-hydroxylation sites is 1. The highest BCUT2D eigenvalue weighted by Crippen LogP contribution is 2.30. The summed E-state index contributed by atoms with van der Waals surface area (Å²) in [6.45, 7) is 7.39. The quantitative estimate of drug-likeness (QED) is 0.320. The van der Waals surface area contributed by atoms with E-state index >= 15 is 0 Å². The fraction of sp³-hybridized carbons (Fsp3) is 0.259. The van der Waals surface area contributed by atoms with Gasteiger partial charge < -0.3 is 14.7 Å². The first kappa shape index (κ1) is 20.3. The molecule has 0 saturated heterocycles. The molecule has 5 aromatic rings. The predicted molar refractivity (Wildman–Crippen MR) is 132 cm³/mol. The fourth-order valence-corrected chi connectivity index (χ4v) is 4.35. The predicted octanol–water partition coefficient (Wildman–Crippen LogP) is 6.35. The first-order chi connectivity index (χ1) is 15.6. The van der Waals surface area contributed by atoms with Crippen LogP contribution in [0.3, 0.4) is 0 Å². The van der Waals surface area contributed by atoms with Gasteiger partial charge in [-0.1, -0.05) is 32.0 Å². The van der Waals surface area contributed by atoms with Crippen molar-refractivity contribution in [2.24, 2.45) is 0 Å². The summed E-state index contributed by atoms with van der Waals surface area (Å²) in [6, 6.07) is 12.8. The average Bonchev–Trinajstić information content (AvgIpc) is 3.43. The second-order valence-corrected chi connectivity index (χ2v) is 8.62.